The molecule has 106 valence electrons. The van der Waals surface area contributed by atoms with E-state index in [0.29, 0.717) is 17.0 Å². The van der Waals surface area contributed by atoms with Crippen molar-refractivity contribution in [1.29, 1.82) is 0 Å². The number of nitrogens with two attached hydrogens (primary N) is 1. The van der Waals surface area contributed by atoms with Crippen LogP contribution < -0.4 is 10.6 Å². The van der Waals surface area contributed by atoms with E-state index in [4.69, 9.17) is 5.73 Å². The van der Waals surface area contributed by atoms with E-state index in [1.165, 1.54) is 12.1 Å². The van der Waals surface area contributed by atoms with E-state index in [-0.39, 0.29) is 17.4 Å². The van der Waals surface area contributed by atoms with Crippen molar-refractivity contribution in [2.45, 2.75) is 12.5 Å². The highest BCUT2D eigenvalue weighted by atomic mass is 79.9. The third kappa shape index (κ3) is 2.40. The van der Waals surface area contributed by atoms with Crippen LogP contribution in [0.15, 0.2) is 16.6 Å². The lowest BCUT2D eigenvalue weighted by atomic mass is 10.2. The SMILES string of the molecule is NC1CCN(c2n[nH]c(-c3c(F)cc(Br)cc3F)n2)C1. The average molecular weight is 344 g/mol. The maximum atomic E-state index is 13.9. The van der Waals surface area contributed by atoms with Crippen LogP contribution in [0.1, 0.15) is 6.42 Å². The number of anilines is 1. The van der Waals surface area contributed by atoms with Crippen LogP contribution in [-0.4, -0.2) is 34.3 Å². The summed E-state index contributed by atoms with van der Waals surface area (Å²) in [7, 11) is 0. The Hall–Kier alpha value is -1.54. The summed E-state index contributed by atoms with van der Waals surface area (Å²) in [6, 6.07) is 2.46. The number of nitrogens with one attached hydrogen (secondary N) is 1. The minimum Gasteiger partial charge on any atom is -0.338 e. The summed E-state index contributed by atoms with van der Waals surface area (Å²) < 4.78 is 28.0. The van der Waals surface area contributed by atoms with Crippen molar-refractivity contribution in [1.82, 2.24) is 15.2 Å². The fourth-order valence-corrected chi connectivity index (χ4v) is 2.65. The zero-order valence-corrected chi connectivity index (χ0v) is 12.0. The summed E-state index contributed by atoms with van der Waals surface area (Å²) in [4.78, 5) is 6.04. The molecule has 8 heteroatoms. The Morgan fingerprint density at radius 1 is 1.35 bits per heavy atom. The third-order valence-electron chi connectivity index (χ3n) is 3.22. The first kappa shape index (κ1) is 13.4. The van der Waals surface area contributed by atoms with Gasteiger partial charge in [-0.2, -0.15) is 4.98 Å². The van der Waals surface area contributed by atoms with Crippen LogP contribution in [0, 0.1) is 11.6 Å². The lowest BCUT2D eigenvalue weighted by Crippen LogP contribution is -2.26. The normalized spacial score (nSPS) is 18.8. The first-order chi connectivity index (χ1) is 9.54. The van der Waals surface area contributed by atoms with Crippen molar-refractivity contribution in [3.05, 3.63) is 28.2 Å². The van der Waals surface area contributed by atoms with Crippen molar-refractivity contribution in [2.75, 3.05) is 18.0 Å². The standard InChI is InChI=1S/C12H12BrF2N5/c13-6-3-8(14)10(9(15)4-6)11-17-12(19-18-11)20-2-1-7(16)5-20/h3-4,7H,1-2,5,16H2,(H,17,18,19). The van der Waals surface area contributed by atoms with Crippen LogP contribution in [0.5, 0.6) is 0 Å². The summed E-state index contributed by atoms with van der Waals surface area (Å²) in [6.45, 7) is 1.38. The Morgan fingerprint density at radius 3 is 2.65 bits per heavy atom. The molecule has 0 radical (unpaired) electrons. The number of rotatable bonds is 2. The molecule has 20 heavy (non-hydrogen) atoms. The molecule has 5 nitrogen and oxygen atoms in total. The highest BCUT2D eigenvalue weighted by Crippen LogP contribution is 2.28. The van der Waals surface area contributed by atoms with Gasteiger partial charge in [0.2, 0.25) is 5.95 Å². The lowest BCUT2D eigenvalue weighted by Gasteiger charge is -2.11. The van der Waals surface area contributed by atoms with Gasteiger partial charge in [0.25, 0.3) is 0 Å². The minimum atomic E-state index is -0.697. The van der Waals surface area contributed by atoms with Crippen LogP contribution in [0.3, 0.4) is 0 Å². The largest absolute Gasteiger partial charge is 0.338 e. The Bertz CT molecular complexity index is 622. The van der Waals surface area contributed by atoms with Crippen molar-refractivity contribution in [3.63, 3.8) is 0 Å². The molecule has 0 aliphatic carbocycles. The van der Waals surface area contributed by atoms with Gasteiger partial charge in [-0.05, 0) is 18.6 Å². The topological polar surface area (TPSA) is 70.8 Å². The van der Waals surface area contributed by atoms with Gasteiger partial charge in [-0.15, -0.1) is 5.10 Å². The molecule has 1 saturated heterocycles. The molecule has 0 amide bonds. The zero-order valence-electron chi connectivity index (χ0n) is 10.4. The maximum absolute atomic E-state index is 13.9. The molecule has 1 aromatic carbocycles. The molecule has 1 atom stereocenters. The van der Waals surface area contributed by atoms with E-state index in [1.807, 2.05) is 4.90 Å². The fraction of sp³-hybridized carbons (Fsp3) is 0.333. The van der Waals surface area contributed by atoms with Gasteiger partial charge in [-0.1, -0.05) is 15.9 Å². The van der Waals surface area contributed by atoms with Crippen molar-refractivity contribution in [3.8, 4) is 11.4 Å². The molecular formula is C12H12BrF2N5. The number of halogens is 3. The summed E-state index contributed by atoms with van der Waals surface area (Å²) in [5.41, 5.74) is 5.60. The second-order valence-corrected chi connectivity index (χ2v) is 5.64. The molecule has 1 fully saturated rings. The van der Waals surface area contributed by atoms with Gasteiger partial charge in [0.1, 0.15) is 11.6 Å². The first-order valence-electron chi connectivity index (χ1n) is 6.12. The fourth-order valence-electron chi connectivity index (χ4n) is 2.24. The third-order valence-corrected chi connectivity index (χ3v) is 3.68. The van der Waals surface area contributed by atoms with Crippen LogP contribution in [0.2, 0.25) is 0 Å². The molecule has 2 aromatic rings. The lowest BCUT2D eigenvalue weighted by molar-refractivity contribution is 0.586. The number of hydrogen-bond acceptors (Lipinski definition) is 4. The summed E-state index contributed by atoms with van der Waals surface area (Å²) >= 11 is 3.04. The van der Waals surface area contributed by atoms with Crippen molar-refractivity contribution in [2.24, 2.45) is 5.73 Å². The molecule has 1 aromatic heterocycles. The zero-order chi connectivity index (χ0) is 14.3. The predicted molar refractivity (Wildman–Crippen MR) is 74.2 cm³/mol. The Balaban J connectivity index is 1.94. The molecule has 1 aliphatic heterocycles. The average Bonchev–Trinajstić information content (AvgIpc) is 2.96. The van der Waals surface area contributed by atoms with Gasteiger partial charge in [-0.25, -0.2) is 8.78 Å². The van der Waals surface area contributed by atoms with Gasteiger partial charge in [0.05, 0.1) is 5.56 Å². The number of benzene rings is 1. The molecule has 2 heterocycles. The number of aromatic amines is 1. The highest BCUT2D eigenvalue weighted by Gasteiger charge is 2.24. The molecule has 3 rings (SSSR count). The monoisotopic (exact) mass is 343 g/mol. The second-order valence-electron chi connectivity index (χ2n) is 4.72. The van der Waals surface area contributed by atoms with Gasteiger partial charge in [0.15, 0.2) is 5.82 Å². The Kier molecular flexibility index (Phi) is 3.43. The molecular weight excluding hydrogens is 332 g/mol. The molecule has 1 aliphatic rings. The van der Waals surface area contributed by atoms with Crippen molar-refractivity contribution < 1.29 is 8.78 Å². The second kappa shape index (κ2) is 5.10. The Morgan fingerprint density at radius 2 is 2.05 bits per heavy atom. The summed E-state index contributed by atoms with van der Waals surface area (Å²) in [6.07, 6.45) is 0.852. The summed E-state index contributed by atoms with van der Waals surface area (Å²) in [5.74, 6) is -0.909. The quantitative estimate of drug-likeness (QED) is 0.875. The molecule has 0 bridgehead atoms. The molecule has 3 N–H and O–H groups in total. The van der Waals surface area contributed by atoms with E-state index in [1.54, 1.807) is 0 Å². The van der Waals surface area contributed by atoms with Gasteiger partial charge in [-0.3, -0.25) is 5.10 Å². The van der Waals surface area contributed by atoms with Gasteiger partial charge in [0, 0.05) is 23.6 Å². The van der Waals surface area contributed by atoms with Crippen molar-refractivity contribution >= 4 is 21.9 Å². The highest BCUT2D eigenvalue weighted by molar-refractivity contribution is 9.10. The Labute approximate surface area is 122 Å². The van der Waals surface area contributed by atoms with Gasteiger partial charge >= 0.3 is 0 Å². The van der Waals surface area contributed by atoms with Crippen LogP contribution in [0.25, 0.3) is 11.4 Å². The van der Waals surface area contributed by atoms with E-state index in [9.17, 15) is 8.78 Å². The van der Waals surface area contributed by atoms with E-state index < -0.39 is 11.6 Å². The number of H-pyrrole nitrogens is 1. The number of hydrogen-bond donors (Lipinski definition) is 2. The van der Waals surface area contributed by atoms with Gasteiger partial charge < -0.3 is 10.6 Å². The maximum Gasteiger partial charge on any atom is 0.245 e. The van der Waals surface area contributed by atoms with E-state index in [0.717, 1.165) is 13.0 Å². The van der Waals surface area contributed by atoms with Crippen LogP contribution >= 0.6 is 15.9 Å². The van der Waals surface area contributed by atoms with Crippen LogP contribution in [-0.2, 0) is 0 Å². The number of aromatic nitrogens is 3. The molecule has 0 spiro atoms. The minimum absolute atomic E-state index is 0.0722. The predicted octanol–water partition coefficient (Wildman–Crippen LogP) is 2.05. The summed E-state index contributed by atoms with van der Waals surface area (Å²) in [5, 5.41) is 6.58. The first-order valence-corrected chi connectivity index (χ1v) is 6.91. The van der Waals surface area contributed by atoms with Crippen LogP contribution in [0.4, 0.5) is 14.7 Å². The number of nitrogens with zero attached hydrogens (tertiary/aromatic N) is 3. The smallest absolute Gasteiger partial charge is 0.245 e. The molecule has 0 saturated carbocycles. The van der Waals surface area contributed by atoms with E-state index in [2.05, 4.69) is 31.1 Å². The molecule has 1 unspecified atom stereocenters. The van der Waals surface area contributed by atoms with E-state index >= 15 is 0 Å².